The van der Waals surface area contributed by atoms with Gasteiger partial charge in [0.05, 0.1) is 19.3 Å². The summed E-state index contributed by atoms with van der Waals surface area (Å²) in [5.74, 6) is -0.723. The summed E-state index contributed by atoms with van der Waals surface area (Å²) in [5.41, 5.74) is 0.471. The Kier molecular flexibility index (Phi) is 3.62. The van der Waals surface area contributed by atoms with Gasteiger partial charge in [-0.1, -0.05) is 0 Å². The van der Waals surface area contributed by atoms with Crippen LogP contribution in [0.3, 0.4) is 0 Å². The molecule has 1 aromatic carbocycles. The average molecular weight is 264 g/mol. The average Bonchev–Trinajstić information content (AvgIpc) is 2.80. The SMILES string of the molecule is CCOC(=O)c1cc2cc(C(=O)OC)ccc2s1. The number of methoxy groups -OCH3 is 1. The van der Waals surface area contributed by atoms with Crippen LogP contribution in [-0.2, 0) is 9.47 Å². The molecule has 0 aliphatic carbocycles. The van der Waals surface area contributed by atoms with Crippen LogP contribution in [0.4, 0.5) is 0 Å². The quantitative estimate of drug-likeness (QED) is 0.800. The Balaban J connectivity index is 2.39. The molecule has 0 radical (unpaired) electrons. The topological polar surface area (TPSA) is 52.6 Å². The van der Waals surface area contributed by atoms with Gasteiger partial charge in [-0.3, -0.25) is 0 Å². The molecule has 4 nitrogen and oxygen atoms in total. The molecular weight excluding hydrogens is 252 g/mol. The summed E-state index contributed by atoms with van der Waals surface area (Å²) in [6.45, 7) is 2.11. The van der Waals surface area contributed by atoms with E-state index in [0.717, 1.165) is 10.1 Å². The molecule has 18 heavy (non-hydrogen) atoms. The maximum atomic E-state index is 11.6. The van der Waals surface area contributed by atoms with Crippen molar-refractivity contribution in [2.24, 2.45) is 0 Å². The summed E-state index contributed by atoms with van der Waals surface area (Å²) in [4.78, 5) is 23.5. The number of rotatable bonds is 3. The van der Waals surface area contributed by atoms with Crippen LogP contribution < -0.4 is 0 Å². The van der Waals surface area contributed by atoms with E-state index in [4.69, 9.17) is 4.74 Å². The van der Waals surface area contributed by atoms with Crippen molar-refractivity contribution in [1.82, 2.24) is 0 Å². The Labute approximate surface area is 108 Å². The second-order valence-corrected chi connectivity index (χ2v) is 4.66. The molecule has 1 aromatic heterocycles. The minimum absolute atomic E-state index is 0.335. The van der Waals surface area contributed by atoms with Crippen LogP contribution in [0, 0.1) is 0 Å². The molecule has 0 unspecified atom stereocenters. The number of fused-ring (bicyclic) bond motifs is 1. The molecular formula is C13H12O4S. The van der Waals surface area contributed by atoms with Crippen LogP contribution in [-0.4, -0.2) is 25.7 Å². The van der Waals surface area contributed by atoms with E-state index in [-0.39, 0.29) is 11.9 Å². The number of hydrogen-bond donors (Lipinski definition) is 0. The lowest BCUT2D eigenvalue weighted by molar-refractivity contribution is 0.0531. The summed E-state index contributed by atoms with van der Waals surface area (Å²) >= 11 is 1.35. The van der Waals surface area contributed by atoms with Crippen molar-refractivity contribution in [3.63, 3.8) is 0 Å². The van der Waals surface area contributed by atoms with E-state index in [1.54, 1.807) is 31.2 Å². The standard InChI is InChI=1S/C13H12O4S/c1-3-17-13(15)11-7-9-6-8(12(14)16-2)4-5-10(9)18-11/h4-7H,3H2,1-2H3. The number of esters is 2. The van der Waals surface area contributed by atoms with Crippen molar-refractivity contribution < 1.29 is 19.1 Å². The number of carbonyl (C=O) groups excluding carboxylic acids is 2. The lowest BCUT2D eigenvalue weighted by Gasteiger charge is -1.97. The fraction of sp³-hybridized carbons (Fsp3) is 0.231. The number of ether oxygens (including phenoxy) is 2. The third-order valence-corrected chi connectivity index (χ3v) is 3.51. The molecule has 0 saturated carbocycles. The normalized spacial score (nSPS) is 10.3. The van der Waals surface area contributed by atoms with Crippen LogP contribution in [0.5, 0.6) is 0 Å². The Morgan fingerprint density at radius 3 is 2.67 bits per heavy atom. The smallest absolute Gasteiger partial charge is 0.348 e. The van der Waals surface area contributed by atoms with Crippen LogP contribution >= 0.6 is 11.3 Å². The Morgan fingerprint density at radius 2 is 2.00 bits per heavy atom. The van der Waals surface area contributed by atoms with Crippen molar-refractivity contribution >= 4 is 33.4 Å². The molecule has 2 rings (SSSR count). The highest BCUT2D eigenvalue weighted by Gasteiger charge is 2.13. The van der Waals surface area contributed by atoms with Crippen LogP contribution in [0.15, 0.2) is 24.3 Å². The van der Waals surface area contributed by atoms with Gasteiger partial charge < -0.3 is 9.47 Å². The highest BCUT2D eigenvalue weighted by atomic mass is 32.1. The maximum Gasteiger partial charge on any atom is 0.348 e. The highest BCUT2D eigenvalue weighted by Crippen LogP contribution is 2.27. The largest absolute Gasteiger partial charge is 0.465 e. The fourth-order valence-corrected chi connectivity index (χ4v) is 2.53. The van der Waals surface area contributed by atoms with Gasteiger partial charge in [0, 0.05) is 4.70 Å². The second-order valence-electron chi connectivity index (χ2n) is 3.58. The van der Waals surface area contributed by atoms with E-state index in [9.17, 15) is 9.59 Å². The van der Waals surface area contributed by atoms with Crippen molar-refractivity contribution in [2.45, 2.75) is 6.92 Å². The Bertz CT molecular complexity index is 600. The zero-order chi connectivity index (χ0) is 13.1. The summed E-state index contributed by atoms with van der Waals surface area (Å²) < 4.78 is 10.5. The second kappa shape index (κ2) is 5.18. The molecule has 1 heterocycles. The minimum atomic E-state index is -0.388. The van der Waals surface area contributed by atoms with E-state index >= 15 is 0 Å². The summed E-state index contributed by atoms with van der Waals surface area (Å²) in [5, 5.41) is 0.839. The maximum absolute atomic E-state index is 11.6. The van der Waals surface area contributed by atoms with Crippen molar-refractivity contribution in [1.29, 1.82) is 0 Å². The van der Waals surface area contributed by atoms with Crippen molar-refractivity contribution in [2.75, 3.05) is 13.7 Å². The molecule has 0 spiro atoms. The van der Waals surface area contributed by atoms with Gasteiger partial charge in [0.15, 0.2) is 0 Å². The first-order valence-corrected chi connectivity index (χ1v) is 6.26. The van der Waals surface area contributed by atoms with E-state index < -0.39 is 0 Å². The molecule has 0 saturated heterocycles. The van der Waals surface area contributed by atoms with Gasteiger partial charge in [0.1, 0.15) is 4.88 Å². The Morgan fingerprint density at radius 1 is 1.22 bits per heavy atom. The summed E-state index contributed by atoms with van der Waals surface area (Å²) in [6, 6.07) is 6.92. The number of benzene rings is 1. The van der Waals surface area contributed by atoms with Crippen LogP contribution in [0.1, 0.15) is 27.0 Å². The zero-order valence-corrected chi connectivity index (χ0v) is 10.9. The zero-order valence-electron chi connectivity index (χ0n) is 10.1. The fourth-order valence-electron chi connectivity index (χ4n) is 1.59. The Hall–Kier alpha value is -1.88. The van der Waals surface area contributed by atoms with Crippen molar-refractivity contribution in [3.8, 4) is 0 Å². The molecule has 94 valence electrons. The predicted molar refractivity (Wildman–Crippen MR) is 69.1 cm³/mol. The van der Waals surface area contributed by atoms with Gasteiger partial charge in [-0.2, -0.15) is 0 Å². The lowest BCUT2D eigenvalue weighted by atomic mass is 10.1. The third-order valence-electron chi connectivity index (χ3n) is 2.41. The van der Waals surface area contributed by atoms with Crippen LogP contribution in [0.25, 0.3) is 10.1 Å². The van der Waals surface area contributed by atoms with Crippen LogP contribution in [0.2, 0.25) is 0 Å². The van der Waals surface area contributed by atoms with Gasteiger partial charge in [-0.15, -0.1) is 11.3 Å². The third kappa shape index (κ3) is 2.36. The van der Waals surface area contributed by atoms with Gasteiger partial charge >= 0.3 is 11.9 Å². The molecule has 0 amide bonds. The molecule has 0 aliphatic rings. The first-order chi connectivity index (χ1) is 8.65. The summed E-state index contributed by atoms with van der Waals surface area (Å²) in [6.07, 6.45) is 0. The predicted octanol–water partition coefficient (Wildman–Crippen LogP) is 2.86. The molecule has 2 aromatic rings. The first kappa shape index (κ1) is 12.6. The molecule has 5 heteroatoms. The van der Waals surface area contributed by atoms with E-state index in [1.807, 2.05) is 0 Å². The molecule has 0 atom stereocenters. The number of carbonyl (C=O) groups is 2. The lowest BCUT2D eigenvalue weighted by Crippen LogP contribution is -2.01. The number of thiophene rings is 1. The van der Waals surface area contributed by atoms with Gasteiger partial charge in [0.25, 0.3) is 0 Å². The molecule has 0 fully saturated rings. The van der Waals surface area contributed by atoms with Gasteiger partial charge in [0.2, 0.25) is 0 Å². The minimum Gasteiger partial charge on any atom is -0.465 e. The highest BCUT2D eigenvalue weighted by molar-refractivity contribution is 7.20. The summed E-state index contributed by atoms with van der Waals surface area (Å²) in [7, 11) is 1.34. The first-order valence-electron chi connectivity index (χ1n) is 5.44. The van der Waals surface area contributed by atoms with E-state index in [2.05, 4.69) is 4.74 Å². The van der Waals surface area contributed by atoms with Gasteiger partial charge in [-0.25, -0.2) is 9.59 Å². The molecule has 0 aliphatic heterocycles. The number of hydrogen-bond acceptors (Lipinski definition) is 5. The molecule has 0 N–H and O–H groups in total. The monoisotopic (exact) mass is 264 g/mol. The van der Waals surface area contributed by atoms with Crippen molar-refractivity contribution in [3.05, 3.63) is 34.7 Å². The van der Waals surface area contributed by atoms with Gasteiger partial charge in [-0.05, 0) is 36.6 Å². The molecule has 0 bridgehead atoms. The van der Waals surface area contributed by atoms with E-state index in [0.29, 0.717) is 17.0 Å². The van der Waals surface area contributed by atoms with E-state index in [1.165, 1.54) is 18.4 Å².